The molecule has 2 aromatic carbocycles. The zero-order valence-electron chi connectivity index (χ0n) is 18.6. The summed E-state index contributed by atoms with van der Waals surface area (Å²) in [4.78, 5) is 11.8. The van der Waals surface area contributed by atoms with Crippen LogP contribution in [0, 0.1) is 17.6 Å². The number of nitrogens with zero attached hydrogens (tertiary/aromatic N) is 2. The number of carboxylic acids is 1. The number of fused-ring (bicyclic) bond motifs is 2. The van der Waals surface area contributed by atoms with Gasteiger partial charge in [0, 0.05) is 47.4 Å². The predicted octanol–water partition coefficient (Wildman–Crippen LogP) is 5.65. The van der Waals surface area contributed by atoms with Gasteiger partial charge in [0.2, 0.25) is 0 Å². The lowest BCUT2D eigenvalue weighted by Crippen LogP contribution is -2.19. The molecule has 6 nitrogen and oxygen atoms in total. The number of carboxylic acid groups (broad SMARTS) is 1. The third-order valence-electron chi connectivity index (χ3n) is 7.56. The number of rotatable bonds is 4. The molecular formula is C26H25F2N3O3. The Morgan fingerprint density at radius 1 is 1.06 bits per heavy atom. The monoisotopic (exact) mass is 465 g/mol. The van der Waals surface area contributed by atoms with Crippen LogP contribution in [-0.4, -0.2) is 39.1 Å². The zero-order valence-corrected chi connectivity index (χ0v) is 18.6. The van der Waals surface area contributed by atoms with Crippen LogP contribution in [0.15, 0.2) is 36.5 Å². The van der Waals surface area contributed by atoms with E-state index in [0.717, 1.165) is 58.4 Å². The van der Waals surface area contributed by atoms with Crippen molar-refractivity contribution >= 4 is 27.8 Å². The number of halogens is 2. The first-order valence-electron chi connectivity index (χ1n) is 11.8. The van der Waals surface area contributed by atoms with Crippen molar-refractivity contribution < 1.29 is 23.4 Å². The molecule has 2 N–H and O–H groups in total. The van der Waals surface area contributed by atoms with Crippen molar-refractivity contribution in [3.05, 3.63) is 59.4 Å². The lowest BCUT2D eigenvalue weighted by Gasteiger charge is -2.27. The van der Waals surface area contributed by atoms with Crippen molar-refractivity contribution in [2.24, 2.45) is 5.92 Å². The third-order valence-corrected chi connectivity index (χ3v) is 7.56. The molecule has 0 amide bonds. The average Bonchev–Trinajstić information content (AvgIpc) is 3.56. The van der Waals surface area contributed by atoms with Gasteiger partial charge >= 0.3 is 5.97 Å². The Bertz CT molecular complexity index is 1400. The molecule has 2 unspecified atom stereocenters. The van der Waals surface area contributed by atoms with Crippen molar-refractivity contribution in [2.75, 3.05) is 13.2 Å². The summed E-state index contributed by atoms with van der Waals surface area (Å²) >= 11 is 0. The van der Waals surface area contributed by atoms with E-state index in [4.69, 9.17) is 4.74 Å². The fourth-order valence-corrected chi connectivity index (χ4v) is 5.94. The van der Waals surface area contributed by atoms with Gasteiger partial charge in [-0.15, -0.1) is 0 Å². The van der Waals surface area contributed by atoms with Crippen LogP contribution in [0.2, 0.25) is 0 Å². The standard InChI is InChI=1S/C26H25F2N3O3/c27-20-4-3-18(11-21(20)28)31-23-10-17-13-29-30-22(17)12-19(23)24(15-1-2-16(9-15)26(32)33)25(31)14-5-7-34-8-6-14/h3-4,10-16H,1-2,5-9H2,(H,29,30)(H,32,33). The Morgan fingerprint density at radius 2 is 1.88 bits per heavy atom. The molecule has 8 heteroatoms. The number of H-pyrrole nitrogens is 1. The number of aromatic nitrogens is 3. The second-order valence-electron chi connectivity index (χ2n) is 9.49. The molecule has 0 spiro atoms. The molecule has 0 bridgehead atoms. The number of benzene rings is 2. The van der Waals surface area contributed by atoms with E-state index >= 15 is 0 Å². The van der Waals surface area contributed by atoms with E-state index in [-0.39, 0.29) is 17.8 Å². The Balaban J connectivity index is 1.66. The van der Waals surface area contributed by atoms with Crippen LogP contribution >= 0.6 is 0 Å². The van der Waals surface area contributed by atoms with E-state index in [2.05, 4.69) is 20.8 Å². The van der Waals surface area contributed by atoms with Gasteiger partial charge < -0.3 is 14.4 Å². The van der Waals surface area contributed by atoms with Crippen LogP contribution in [0.3, 0.4) is 0 Å². The topological polar surface area (TPSA) is 80.1 Å². The average molecular weight is 466 g/mol. The summed E-state index contributed by atoms with van der Waals surface area (Å²) in [5.74, 6) is -2.65. The molecule has 2 fully saturated rings. The van der Waals surface area contributed by atoms with Gasteiger partial charge in [0.1, 0.15) is 0 Å². The minimum Gasteiger partial charge on any atom is -0.481 e. The van der Waals surface area contributed by atoms with Crippen molar-refractivity contribution in [3.8, 4) is 5.69 Å². The summed E-state index contributed by atoms with van der Waals surface area (Å²) in [6.45, 7) is 1.27. The normalized spacial score (nSPS) is 21.6. The van der Waals surface area contributed by atoms with Gasteiger partial charge in [-0.2, -0.15) is 5.10 Å². The van der Waals surface area contributed by atoms with Crippen LogP contribution < -0.4 is 0 Å². The number of carbonyl (C=O) groups is 1. The number of hydrogen-bond acceptors (Lipinski definition) is 3. The molecule has 0 radical (unpaired) electrons. The smallest absolute Gasteiger partial charge is 0.306 e. The van der Waals surface area contributed by atoms with Gasteiger partial charge in [0.15, 0.2) is 11.6 Å². The maximum absolute atomic E-state index is 14.4. The first kappa shape index (κ1) is 21.3. The summed E-state index contributed by atoms with van der Waals surface area (Å²) in [5, 5.41) is 18.8. The Hall–Kier alpha value is -3.26. The summed E-state index contributed by atoms with van der Waals surface area (Å²) in [7, 11) is 0. The Kier molecular flexibility index (Phi) is 5.13. The van der Waals surface area contributed by atoms with E-state index in [9.17, 15) is 18.7 Å². The number of aliphatic carboxylic acids is 1. The highest BCUT2D eigenvalue weighted by atomic mass is 19.2. The number of ether oxygens (including phenoxy) is 1. The van der Waals surface area contributed by atoms with Gasteiger partial charge in [0.05, 0.1) is 23.1 Å². The number of nitrogens with one attached hydrogen (secondary N) is 1. The molecule has 34 heavy (non-hydrogen) atoms. The van der Waals surface area contributed by atoms with Gasteiger partial charge in [-0.1, -0.05) is 0 Å². The largest absolute Gasteiger partial charge is 0.481 e. The Morgan fingerprint density at radius 3 is 2.62 bits per heavy atom. The van der Waals surface area contributed by atoms with Crippen molar-refractivity contribution in [1.82, 2.24) is 14.8 Å². The van der Waals surface area contributed by atoms with Crippen molar-refractivity contribution in [1.29, 1.82) is 0 Å². The molecule has 1 saturated carbocycles. The van der Waals surface area contributed by atoms with Crippen molar-refractivity contribution in [3.63, 3.8) is 0 Å². The Labute approximate surface area is 194 Å². The highest BCUT2D eigenvalue weighted by Gasteiger charge is 2.37. The van der Waals surface area contributed by atoms with E-state index < -0.39 is 17.6 Å². The zero-order chi connectivity index (χ0) is 23.4. The predicted molar refractivity (Wildman–Crippen MR) is 123 cm³/mol. The van der Waals surface area contributed by atoms with Crippen LogP contribution in [0.4, 0.5) is 8.78 Å². The second kappa shape index (κ2) is 8.20. The molecule has 1 aliphatic heterocycles. The molecule has 2 atom stereocenters. The highest BCUT2D eigenvalue weighted by molar-refractivity contribution is 5.99. The second-order valence-corrected chi connectivity index (χ2v) is 9.49. The number of hydrogen-bond donors (Lipinski definition) is 2. The maximum Gasteiger partial charge on any atom is 0.306 e. The molecule has 6 rings (SSSR count). The minimum atomic E-state index is -0.893. The lowest BCUT2D eigenvalue weighted by atomic mass is 9.86. The first-order valence-corrected chi connectivity index (χ1v) is 11.8. The molecule has 4 aromatic rings. The van der Waals surface area contributed by atoms with Gasteiger partial charge in [-0.25, -0.2) is 8.78 Å². The lowest BCUT2D eigenvalue weighted by molar-refractivity contribution is -0.141. The van der Waals surface area contributed by atoms with Gasteiger partial charge in [0.25, 0.3) is 0 Å². The molecule has 2 aliphatic rings. The molecule has 3 heterocycles. The molecule has 1 saturated heterocycles. The first-order chi connectivity index (χ1) is 16.5. The highest BCUT2D eigenvalue weighted by Crippen LogP contribution is 2.48. The van der Waals surface area contributed by atoms with Gasteiger partial charge in [-0.05, 0) is 67.9 Å². The molecular weight excluding hydrogens is 440 g/mol. The van der Waals surface area contributed by atoms with E-state index in [1.807, 2.05) is 6.07 Å². The summed E-state index contributed by atoms with van der Waals surface area (Å²) in [6.07, 6.45) is 5.39. The molecule has 176 valence electrons. The molecule has 1 aliphatic carbocycles. The van der Waals surface area contributed by atoms with E-state index in [1.54, 1.807) is 12.3 Å². The fraction of sp³-hybridized carbons (Fsp3) is 0.385. The quantitative estimate of drug-likeness (QED) is 0.408. The summed E-state index contributed by atoms with van der Waals surface area (Å²) in [6, 6.07) is 8.12. The van der Waals surface area contributed by atoms with Crippen LogP contribution in [-0.2, 0) is 9.53 Å². The number of aromatic amines is 1. The SMILES string of the molecule is O=C(O)C1CCC(c2c(C3CCOCC3)n(-c3ccc(F)c(F)c3)c3cc4cn[nH]c4cc23)C1. The van der Waals surface area contributed by atoms with Crippen molar-refractivity contribution in [2.45, 2.75) is 43.9 Å². The van der Waals surface area contributed by atoms with Crippen LogP contribution in [0.5, 0.6) is 0 Å². The summed E-state index contributed by atoms with van der Waals surface area (Å²) < 4.78 is 35.9. The van der Waals surface area contributed by atoms with Gasteiger partial charge in [-0.3, -0.25) is 9.89 Å². The van der Waals surface area contributed by atoms with Crippen LogP contribution in [0.25, 0.3) is 27.5 Å². The minimum absolute atomic E-state index is 0.0772. The fourth-order valence-electron chi connectivity index (χ4n) is 5.94. The van der Waals surface area contributed by atoms with E-state index in [1.165, 1.54) is 6.07 Å². The maximum atomic E-state index is 14.4. The molecule has 2 aromatic heterocycles. The summed E-state index contributed by atoms with van der Waals surface area (Å²) in [5.41, 5.74) is 4.55. The third kappa shape index (κ3) is 3.39. The van der Waals surface area contributed by atoms with Crippen LogP contribution in [0.1, 0.15) is 55.2 Å². The van der Waals surface area contributed by atoms with E-state index in [0.29, 0.717) is 31.7 Å².